The minimum Gasteiger partial charge on any atom is -0.290 e. The molecule has 3 rings (SSSR count). The molecule has 3 heteroatoms. The number of rotatable bonds is 4. The summed E-state index contributed by atoms with van der Waals surface area (Å²) in [7, 11) is 0. The number of pyridine rings is 1. The second-order valence-electron chi connectivity index (χ2n) is 4.73. The van der Waals surface area contributed by atoms with Gasteiger partial charge in [-0.3, -0.25) is 4.57 Å². The van der Waals surface area contributed by atoms with Crippen LogP contribution in [0, 0.1) is 0 Å². The predicted molar refractivity (Wildman–Crippen MR) is 77.5 cm³/mol. The summed E-state index contributed by atoms with van der Waals surface area (Å²) >= 11 is 0. The van der Waals surface area contributed by atoms with E-state index in [1.807, 2.05) is 17.0 Å². The number of imidazole rings is 1. The van der Waals surface area contributed by atoms with E-state index in [-0.39, 0.29) is 0 Å². The molecule has 3 nitrogen and oxygen atoms in total. The third kappa shape index (κ3) is 2.24. The lowest BCUT2D eigenvalue weighted by atomic mass is 10.0. The van der Waals surface area contributed by atoms with Crippen molar-refractivity contribution in [3.8, 4) is 5.82 Å². The van der Waals surface area contributed by atoms with Crippen LogP contribution in [-0.2, 0) is 6.42 Å². The van der Waals surface area contributed by atoms with Crippen molar-refractivity contribution in [2.24, 2.45) is 0 Å². The van der Waals surface area contributed by atoms with Gasteiger partial charge in [-0.25, -0.2) is 9.97 Å². The fraction of sp³-hybridized carbons (Fsp3) is 0.250. The summed E-state index contributed by atoms with van der Waals surface area (Å²) in [6.45, 7) is 2.22. The molecule has 96 valence electrons. The molecule has 19 heavy (non-hydrogen) atoms. The van der Waals surface area contributed by atoms with E-state index in [2.05, 4.69) is 41.2 Å². The largest absolute Gasteiger partial charge is 0.290 e. The normalized spacial score (nSPS) is 11.0. The molecule has 2 heterocycles. The zero-order chi connectivity index (χ0) is 13.1. The average Bonchev–Trinajstić information content (AvgIpc) is 2.98. The second kappa shape index (κ2) is 5.22. The molecule has 0 saturated carbocycles. The lowest BCUT2D eigenvalue weighted by Gasteiger charge is -2.10. The van der Waals surface area contributed by atoms with Gasteiger partial charge in [-0.15, -0.1) is 0 Å². The zero-order valence-corrected chi connectivity index (χ0v) is 11.1. The van der Waals surface area contributed by atoms with Crippen molar-refractivity contribution >= 4 is 10.8 Å². The lowest BCUT2D eigenvalue weighted by Crippen LogP contribution is -1.98. The van der Waals surface area contributed by atoms with Crippen molar-refractivity contribution in [1.29, 1.82) is 0 Å². The van der Waals surface area contributed by atoms with Crippen molar-refractivity contribution in [2.45, 2.75) is 26.2 Å². The van der Waals surface area contributed by atoms with Gasteiger partial charge in [0, 0.05) is 24.0 Å². The first-order valence-electron chi connectivity index (χ1n) is 6.75. The summed E-state index contributed by atoms with van der Waals surface area (Å²) in [5.41, 5.74) is 1.33. The Balaban J connectivity index is 2.16. The Kier molecular flexibility index (Phi) is 3.27. The summed E-state index contributed by atoms with van der Waals surface area (Å²) in [5.74, 6) is 0.952. The summed E-state index contributed by atoms with van der Waals surface area (Å²) in [4.78, 5) is 8.73. The number of nitrogens with zero attached hydrogens (tertiary/aromatic N) is 3. The van der Waals surface area contributed by atoms with Crippen LogP contribution in [-0.4, -0.2) is 14.5 Å². The second-order valence-corrected chi connectivity index (χ2v) is 4.73. The SMILES string of the molecule is CCCCc1cnc(-n2ccnc2)c2ccccc12. The molecule has 0 aliphatic carbocycles. The smallest absolute Gasteiger partial charge is 0.145 e. The number of hydrogen-bond donors (Lipinski definition) is 0. The fourth-order valence-corrected chi connectivity index (χ4v) is 2.39. The third-order valence-electron chi connectivity index (χ3n) is 3.41. The number of benzene rings is 1. The Bertz CT molecular complexity index is 672. The van der Waals surface area contributed by atoms with Crippen LogP contribution in [0.25, 0.3) is 16.6 Å². The van der Waals surface area contributed by atoms with Crippen LogP contribution in [0.15, 0.2) is 49.2 Å². The summed E-state index contributed by atoms with van der Waals surface area (Å²) in [6, 6.07) is 8.47. The Hall–Kier alpha value is -2.16. The van der Waals surface area contributed by atoms with Gasteiger partial charge in [0.2, 0.25) is 0 Å². The standard InChI is InChI=1S/C16H17N3/c1-2-3-6-13-11-18-16(19-10-9-17-12-19)15-8-5-4-7-14(13)15/h4-5,7-12H,2-3,6H2,1H3. The Morgan fingerprint density at radius 2 is 2.00 bits per heavy atom. The average molecular weight is 251 g/mol. The maximum atomic E-state index is 4.63. The van der Waals surface area contributed by atoms with E-state index in [1.165, 1.54) is 29.2 Å². The number of aromatic nitrogens is 3. The van der Waals surface area contributed by atoms with E-state index in [9.17, 15) is 0 Å². The van der Waals surface area contributed by atoms with Crippen molar-refractivity contribution in [2.75, 3.05) is 0 Å². The van der Waals surface area contributed by atoms with E-state index < -0.39 is 0 Å². The highest BCUT2D eigenvalue weighted by Crippen LogP contribution is 2.24. The molecule has 0 aliphatic rings. The molecule has 0 spiro atoms. The van der Waals surface area contributed by atoms with Crippen LogP contribution < -0.4 is 0 Å². The number of fused-ring (bicyclic) bond motifs is 1. The first kappa shape index (κ1) is 11.9. The molecule has 0 bridgehead atoms. The van der Waals surface area contributed by atoms with Crippen molar-refractivity contribution in [1.82, 2.24) is 14.5 Å². The van der Waals surface area contributed by atoms with Gasteiger partial charge >= 0.3 is 0 Å². The molecule has 0 radical (unpaired) electrons. The molecule has 0 amide bonds. The first-order chi connectivity index (χ1) is 9.40. The minimum atomic E-state index is 0.952. The lowest BCUT2D eigenvalue weighted by molar-refractivity contribution is 0.795. The third-order valence-corrected chi connectivity index (χ3v) is 3.41. The fourth-order valence-electron chi connectivity index (χ4n) is 2.39. The highest BCUT2D eigenvalue weighted by atomic mass is 15.1. The Labute approximate surface area is 112 Å². The predicted octanol–water partition coefficient (Wildman–Crippen LogP) is 3.76. The zero-order valence-electron chi connectivity index (χ0n) is 11.1. The molecule has 0 fully saturated rings. The molecule has 0 saturated heterocycles. The first-order valence-corrected chi connectivity index (χ1v) is 6.75. The van der Waals surface area contributed by atoms with Crippen LogP contribution in [0.1, 0.15) is 25.3 Å². The van der Waals surface area contributed by atoms with Crippen LogP contribution in [0.4, 0.5) is 0 Å². The minimum absolute atomic E-state index is 0.952. The quantitative estimate of drug-likeness (QED) is 0.706. The van der Waals surface area contributed by atoms with Gasteiger partial charge < -0.3 is 0 Å². The molecular formula is C16H17N3. The molecule has 0 unspecified atom stereocenters. The Morgan fingerprint density at radius 1 is 1.16 bits per heavy atom. The summed E-state index contributed by atoms with van der Waals surface area (Å²) in [5, 5.41) is 2.49. The highest BCUT2D eigenvalue weighted by molar-refractivity contribution is 5.91. The van der Waals surface area contributed by atoms with Crippen LogP contribution in [0.2, 0.25) is 0 Å². The van der Waals surface area contributed by atoms with E-state index in [0.29, 0.717) is 0 Å². The van der Waals surface area contributed by atoms with Gasteiger partial charge in [0.15, 0.2) is 0 Å². The van der Waals surface area contributed by atoms with Crippen molar-refractivity contribution in [3.63, 3.8) is 0 Å². The van der Waals surface area contributed by atoms with Gasteiger partial charge in [-0.1, -0.05) is 37.6 Å². The monoisotopic (exact) mass is 251 g/mol. The van der Waals surface area contributed by atoms with Crippen LogP contribution in [0.5, 0.6) is 0 Å². The molecule has 0 aliphatic heterocycles. The van der Waals surface area contributed by atoms with Crippen LogP contribution in [0.3, 0.4) is 0 Å². The number of aryl methyl sites for hydroxylation is 1. The van der Waals surface area contributed by atoms with E-state index in [0.717, 1.165) is 12.2 Å². The maximum Gasteiger partial charge on any atom is 0.145 e. The topological polar surface area (TPSA) is 30.7 Å². The highest BCUT2D eigenvalue weighted by Gasteiger charge is 2.08. The maximum absolute atomic E-state index is 4.63. The summed E-state index contributed by atoms with van der Waals surface area (Å²) in [6.07, 6.45) is 11.0. The molecular weight excluding hydrogens is 234 g/mol. The molecule has 1 aromatic carbocycles. The van der Waals surface area contributed by atoms with E-state index in [4.69, 9.17) is 0 Å². The Morgan fingerprint density at radius 3 is 2.74 bits per heavy atom. The number of hydrogen-bond acceptors (Lipinski definition) is 2. The van der Waals surface area contributed by atoms with Gasteiger partial charge in [0.25, 0.3) is 0 Å². The van der Waals surface area contributed by atoms with E-state index >= 15 is 0 Å². The number of unbranched alkanes of at least 4 members (excludes halogenated alkanes) is 1. The van der Waals surface area contributed by atoms with Gasteiger partial charge in [-0.05, 0) is 23.8 Å². The molecule has 3 aromatic rings. The van der Waals surface area contributed by atoms with Gasteiger partial charge in [-0.2, -0.15) is 0 Å². The van der Waals surface area contributed by atoms with Crippen LogP contribution >= 0.6 is 0 Å². The van der Waals surface area contributed by atoms with E-state index in [1.54, 1.807) is 12.5 Å². The van der Waals surface area contributed by atoms with Crippen molar-refractivity contribution < 1.29 is 0 Å². The molecule has 2 aromatic heterocycles. The molecule has 0 atom stereocenters. The van der Waals surface area contributed by atoms with Gasteiger partial charge in [0.05, 0.1) is 0 Å². The molecule has 0 N–H and O–H groups in total. The van der Waals surface area contributed by atoms with Crippen molar-refractivity contribution in [3.05, 3.63) is 54.7 Å². The summed E-state index contributed by atoms with van der Waals surface area (Å²) < 4.78 is 1.96. The van der Waals surface area contributed by atoms with Gasteiger partial charge in [0.1, 0.15) is 12.1 Å².